The van der Waals surface area contributed by atoms with Gasteiger partial charge in [-0.3, -0.25) is 10.1 Å². The highest BCUT2D eigenvalue weighted by atomic mass is 16.6. The van der Waals surface area contributed by atoms with E-state index in [4.69, 9.17) is 10.6 Å². The number of nitro benzene ring substituents is 1. The zero-order chi connectivity index (χ0) is 10.6. The first-order valence-electron chi connectivity index (χ1n) is 3.62. The van der Waals surface area contributed by atoms with Gasteiger partial charge in [-0.15, -0.1) is 0 Å². The van der Waals surface area contributed by atoms with Crippen LogP contribution in [-0.4, -0.2) is 10.0 Å². The van der Waals surface area contributed by atoms with Gasteiger partial charge in [0.2, 0.25) is 0 Å². The van der Waals surface area contributed by atoms with Crippen molar-refractivity contribution in [1.82, 2.24) is 0 Å². The number of azide groups is 1. The van der Waals surface area contributed by atoms with Crippen molar-refractivity contribution in [2.45, 2.75) is 6.54 Å². The van der Waals surface area contributed by atoms with Crippen molar-refractivity contribution in [3.63, 3.8) is 0 Å². The molecule has 0 aliphatic carbocycles. The van der Waals surface area contributed by atoms with Gasteiger partial charge in [-0.25, -0.2) is 0 Å². The molecule has 0 aliphatic heterocycles. The summed E-state index contributed by atoms with van der Waals surface area (Å²) in [6, 6.07) is 3.57. The molecule has 0 saturated heterocycles. The van der Waals surface area contributed by atoms with Gasteiger partial charge in [0.05, 0.1) is 11.5 Å². The van der Waals surface area contributed by atoms with Crippen molar-refractivity contribution in [3.8, 4) is 5.75 Å². The van der Waals surface area contributed by atoms with E-state index in [-0.39, 0.29) is 23.5 Å². The zero-order valence-electron chi connectivity index (χ0n) is 6.99. The van der Waals surface area contributed by atoms with E-state index in [0.717, 1.165) is 6.07 Å². The molecule has 7 heteroatoms. The molecule has 0 bridgehead atoms. The summed E-state index contributed by atoms with van der Waals surface area (Å²) in [4.78, 5) is 12.4. The van der Waals surface area contributed by atoms with E-state index in [1.807, 2.05) is 0 Å². The van der Waals surface area contributed by atoms with Gasteiger partial charge in [0.25, 0.3) is 5.69 Å². The summed E-state index contributed by atoms with van der Waals surface area (Å²) in [7, 11) is 0. The summed E-state index contributed by atoms with van der Waals surface area (Å²) in [6.45, 7) is -0.152. The minimum absolute atomic E-state index is 0.0984. The highest BCUT2D eigenvalue weighted by Crippen LogP contribution is 2.23. The van der Waals surface area contributed by atoms with Crippen LogP contribution in [-0.2, 0) is 6.54 Å². The van der Waals surface area contributed by atoms with Gasteiger partial charge in [-0.05, 0) is 17.7 Å². The standard InChI is InChI=1S/C7H6N4O3/c8-10-9-4-5-3-6(12)1-2-7(5)11(13)14/h1-3,12H,4H2. The molecule has 7 nitrogen and oxygen atoms in total. The highest BCUT2D eigenvalue weighted by Gasteiger charge is 2.12. The van der Waals surface area contributed by atoms with E-state index in [1.165, 1.54) is 12.1 Å². The van der Waals surface area contributed by atoms with Crippen LogP contribution in [0.3, 0.4) is 0 Å². The molecule has 0 atom stereocenters. The smallest absolute Gasteiger partial charge is 0.272 e. The maximum Gasteiger partial charge on any atom is 0.272 e. The first-order valence-corrected chi connectivity index (χ1v) is 3.62. The van der Waals surface area contributed by atoms with Crippen LogP contribution in [0.5, 0.6) is 5.75 Å². The SMILES string of the molecule is [N-]=[N+]=NCc1cc(O)ccc1[N+](=O)[O-]. The Kier molecular flexibility index (Phi) is 2.88. The molecule has 14 heavy (non-hydrogen) atoms. The van der Waals surface area contributed by atoms with Gasteiger partial charge in [0.15, 0.2) is 0 Å². The van der Waals surface area contributed by atoms with E-state index in [1.54, 1.807) is 0 Å². The molecule has 0 heterocycles. The molecule has 0 amide bonds. The Morgan fingerprint density at radius 1 is 1.64 bits per heavy atom. The number of hydrogen-bond acceptors (Lipinski definition) is 4. The summed E-state index contributed by atoms with van der Waals surface area (Å²) in [5.41, 5.74) is 8.07. The first kappa shape index (κ1) is 9.82. The van der Waals surface area contributed by atoms with E-state index in [9.17, 15) is 10.1 Å². The number of rotatable bonds is 3. The fraction of sp³-hybridized carbons (Fsp3) is 0.143. The highest BCUT2D eigenvalue weighted by molar-refractivity contribution is 5.44. The molecular weight excluding hydrogens is 188 g/mol. The second-order valence-electron chi connectivity index (χ2n) is 2.46. The number of nitrogens with zero attached hydrogens (tertiary/aromatic N) is 4. The molecule has 0 saturated carbocycles. The first-order chi connectivity index (χ1) is 6.65. The van der Waals surface area contributed by atoms with E-state index < -0.39 is 4.92 Å². The molecule has 0 aliphatic rings. The Morgan fingerprint density at radius 2 is 2.36 bits per heavy atom. The predicted octanol–water partition coefficient (Wildman–Crippen LogP) is 2.11. The van der Waals surface area contributed by atoms with Crippen LogP contribution in [0.15, 0.2) is 23.3 Å². The number of hydrogen-bond donors (Lipinski definition) is 1. The normalized spacial score (nSPS) is 9.14. The minimum atomic E-state index is -0.596. The Morgan fingerprint density at radius 3 is 2.93 bits per heavy atom. The average molecular weight is 194 g/mol. The van der Waals surface area contributed by atoms with Crippen LogP contribution in [0.1, 0.15) is 5.56 Å². The molecule has 1 rings (SSSR count). The van der Waals surface area contributed by atoms with Crippen molar-refractivity contribution in [2.24, 2.45) is 5.11 Å². The van der Waals surface area contributed by atoms with Gasteiger partial charge < -0.3 is 5.11 Å². The summed E-state index contributed by atoms with van der Waals surface area (Å²) in [5.74, 6) is -0.0984. The van der Waals surface area contributed by atoms with Crippen LogP contribution >= 0.6 is 0 Å². The zero-order valence-corrected chi connectivity index (χ0v) is 6.99. The lowest BCUT2D eigenvalue weighted by atomic mass is 10.2. The van der Waals surface area contributed by atoms with Crippen LogP contribution in [0.25, 0.3) is 10.4 Å². The van der Waals surface area contributed by atoms with Gasteiger partial charge in [0, 0.05) is 16.5 Å². The monoisotopic (exact) mass is 194 g/mol. The number of nitro groups is 1. The third-order valence-electron chi connectivity index (χ3n) is 1.56. The van der Waals surface area contributed by atoms with Gasteiger partial charge in [-0.2, -0.15) is 0 Å². The van der Waals surface area contributed by atoms with Crippen molar-refractivity contribution in [2.75, 3.05) is 0 Å². The number of benzene rings is 1. The van der Waals surface area contributed by atoms with Crippen molar-refractivity contribution in [1.29, 1.82) is 0 Å². The lowest BCUT2D eigenvalue weighted by Gasteiger charge is -1.99. The maximum absolute atomic E-state index is 10.5. The van der Waals surface area contributed by atoms with Gasteiger partial charge in [-0.1, -0.05) is 5.11 Å². The molecule has 0 spiro atoms. The van der Waals surface area contributed by atoms with Crippen molar-refractivity contribution >= 4 is 5.69 Å². The number of phenolic OH excluding ortho intramolecular Hbond substituents is 1. The predicted molar refractivity (Wildman–Crippen MR) is 47.6 cm³/mol. The summed E-state index contributed by atoms with van der Waals surface area (Å²) < 4.78 is 0. The van der Waals surface area contributed by atoms with Crippen LogP contribution in [0.2, 0.25) is 0 Å². The lowest BCUT2D eigenvalue weighted by Crippen LogP contribution is -1.93. The maximum atomic E-state index is 10.5. The third-order valence-corrected chi connectivity index (χ3v) is 1.56. The van der Waals surface area contributed by atoms with Crippen LogP contribution < -0.4 is 0 Å². The largest absolute Gasteiger partial charge is 0.508 e. The second-order valence-corrected chi connectivity index (χ2v) is 2.46. The molecule has 0 radical (unpaired) electrons. The molecule has 72 valence electrons. The van der Waals surface area contributed by atoms with E-state index >= 15 is 0 Å². The minimum Gasteiger partial charge on any atom is -0.508 e. The van der Waals surface area contributed by atoms with E-state index in [2.05, 4.69) is 10.0 Å². The fourth-order valence-electron chi connectivity index (χ4n) is 0.984. The lowest BCUT2D eigenvalue weighted by molar-refractivity contribution is -0.385. The molecule has 1 aromatic carbocycles. The quantitative estimate of drug-likeness (QED) is 0.261. The summed E-state index contributed by atoms with van der Waals surface area (Å²) in [5, 5.41) is 22.7. The Balaban J connectivity index is 3.15. The van der Waals surface area contributed by atoms with E-state index in [0.29, 0.717) is 0 Å². The second kappa shape index (κ2) is 4.11. The third kappa shape index (κ3) is 2.11. The van der Waals surface area contributed by atoms with Crippen LogP contribution in [0.4, 0.5) is 5.69 Å². The van der Waals surface area contributed by atoms with Crippen molar-refractivity contribution < 1.29 is 10.0 Å². The van der Waals surface area contributed by atoms with Gasteiger partial charge in [0.1, 0.15) is 5.75 Å². The summed E-state index contributed by atoms with van der Waals surface area (Å²) in [6.07, 6.45) is 0. The van der Waals surface area contributed by atoms with Crippen LogP contribution in [0, 0.1) is 10.1 Å². The Bertz CT molecular complexity index is 411. The van der Waals surface area contributed by atoms with Gasteiger partial charge >= 0.3 is 0 Å². The molecule has 0 aromatic heterocycles. The average Bonchev–Trinajstić information content (AvgIpc) is 2.14. The molecule has 1 aromatic rings. The molecule has 0 unspecified atom stereocenters. The molecule has 1 N–H and O–H groups in total. The Labute approximate surface area is 78.4 Å². The Hall–Kier alpha value is -2.27. The topological polar surface area (TPSA) is 112 Å². The number of aromatic hydroxyl groups is 1. The molecule has 0 fully saturated rings. The molecular formula is C7H6N4O3. The fourth-order valence-corrected chi connectivity index (χ4v) is 0.984. The van der Waals surface area contributed by atoms with Crippen molar-refractivity contribution in [3.05, 3.63) is 44.3 Å². The number of phenols is 1. The summed E-state index contributed by atoms with van der Waals surface area (Å²) >= 11 is 0.